The number of carbonyl (C=O) groups is 1. The van der Waals surface area contributed by atoms with E-state index in [1.54, 1.807) is 6.08 Å². The Labute approximate surface area is 138 Å². The van der Waals surface area contributed by atoms with Gasteiger partial charge in [-0.05, 0) is 46.8 Å². The molecule has 112 valence electrons. The summed E-state index contributed by atoms with van der Waals surface area (Å²) in [5, 5.41) is 4.77. The maximum atomic E-state index is 11.8. The Kier molecular flexibility index (Phi) is 5.40. The second kappa shape index (κ2) is 7.48. The van der Waals surface area contributed by atoms with Crippen LogP contribution in [-0.2, 0) is 4.79 Å². The van der Waals surface area contributed by atoms with Crippen LogP contribution in [0.5, 0.6) is 0 Å². The van der Waals surface area contributed by atoms with Crippen molar-refractivity contribution in [1.29, 1.82) is 0 Å². The van der Waals surface area contributed by atoms with Crippen molar-refractivity contribution in [2.24, 2.45) is 5.73 Å². The fraction of sp³-hybridized carbons (Fsp3) is 0. The van der Waals surface area contributed by atoms with Crippen molar-refractivity contribution in [1.82, 2.24) is 16.2 Å². The zero-order valence-corrected chi connectivity index (χ0v) is 13.1. The van der Waals surface area contributed by atoms with Crippen molar-refractivity contribution in [2.45, 2.75) is 0 Å². The third-order valence-corrected chi connectivity index (χ3v) is 3.08. The zero-order valence-electron chi connectivity index (χ0n) is 11.5. The van der Waals surface area contributed by atoms with Crippen LogP contribution in [-0.4, -0.2) is 16.1 Å². The van der Waals surface area contributed by atoms with Crippen molar-refractivity contribution in [3.8, 4) is 0 Å². The molecule has 2 aromatic rings. The lowest BCUT2D eigenvalue weighted by molar-refractivity contribution is -0.115. The molecule has 2 rings (SSSR count). The number of fused-ring (bicyclic) bond motifs is 1. The van der Waals surface area contributed by atoms with Gasteiger partial charge in [0.2, 0.25) is 5.91 Å². The highest BCUT2D eigenvalue weighted by molar-refractivity contribution is 7.80. The van der Waals surface area contributed by atoms with E-state index in [4.69, 9.17) is 18.0 Å². The monoisotopic (exact) mass is 330 g/mol. The van der Waals surface area contributed by atoms with Gasteiger partial charge in [0.15, 0.2) is 10.2 Å². The van der Waals surface area contributed by atoms with Crippen molar-refractivity contribution in [3.63, 3.8) is 0 Å². The van der Waals surface area contributed by atoms with E-state index in [9.17, 15) is 4.79 Å². The van der Waals surface area contributed by atoms with E-state index in [1.807, 2.05) is 42.5 Å². The van der Waals surface area contributed by atoms with Gasteiger partial charge in [0.05, 0.1) is 0 Å². The summed E-state index contributed by atoms with van der Waals surface area (Å²) in [4.78, 5) is 11.8. The number of nitrogens with one attached hydrogen (secondary N) is 3. The molecule has 0 unspecified atom stereocenters. The Morgan fingerprint density at radius 2 is 1.77 bits per heavy atom. The molecule has 0 saturated heterocycles. The van der Waals surface area contributed by atoms with Gasteiger partial charge < -0.3 is 5.73 Å². The summed E-state index contributed by atoms with van der Waals surface area (Å²) in [6.45, 7) is 0. The number of hydrogen-bond donors (Lipinski definition) is 4. The molecule has 22 heavy (non-hydrogen) atoms. The SMILES string of the molecule is NC(=S)NNC(=S)NC(=O)C=Cc1cccc2ccccc12. The van der Waals surface area contributed by atoms with Gasteiger partial charge in [-0.3, -0.25) is 21.0 Å². The first-order valence-corrected chi connectivity index (χ1v) is 7.20. The number of benzene rings is 2. The minimum absolute atomic E-state index is 0.0305. The van der Waals surface area contributed by atoms with Crippen molar-refractivity contribution in [3.05, 3.63) is 54.1 Å². The van der Waals surface area contributed by atoms with Crippen LogP contribution >= 0.6 is 24.4 Å². The third-order valence-electron chi connectivity index (χ3n) is 2.77. The summed E-state index contributed by atoms with van der Waals surface area (Å²) >= 11 is 9.51. The van der Waals surface area contributed by atoms with E-state index >= 15 is 0 Å². The number of hydrogen-bond acceptors (Lipinski definition) is 3. The Hall–Kier alpha value is -2.51. The number of thiocarbonyl (C=S) groups is 2. The van der Waals surface area contributed by atoms with Crippen LogP contribution in [0.4, 0.5) is 0 Å². The molecule has 0 heterocycles. The van der Waals surface area contributed by atoms with Gasteiger partial charge in [-0.15, -0.1) is 0 Å². The minimum atomic E-state index is -0.352. The van der Waals surface area contributed by atoms with Crippen molar-refractivity contribution in [2.75, 3.05) is 0 Å². The van der Waals surface area contributed by atoms with Crippen LogP contribution in [0.2, 0.25) is 0 Å². The van der Waals surface area contributed by atoms with E-state index in [-0.39, 0.29) is 16.1 Å². The lowest BCUT2D eigenvalue weighted by atomic mass is 10.0. The van der Waals surface area contributed by atoms with Crippen LogP contribution in [0, 0.1) is 0 Å². The number of rotatable bonds is 2. The average molecular weight is 330 g/mol. The molecule has 0 bridgehead atoms. The second-order valence-corrected chi connectivity index (χ2v) is 5.18. The van der Waals surface area contributed by atoms with Crippen LogP contribution in [0.25, 0.3) is 16.8 Å². The highest BCUT2D eigenvalue weighted by Crippen LogP contribution is 2.19. The summed E-state index contributed by atoms with van der Waals surface area (Å²) in [5.74, 6) is -0.352. The van der Waals surface area contributed by atoms with Crippen LogP contribution in [0.3, 0.4) is 0 Å². The van der Waals surface area contributed by atoms with Crippen molar-refractivity contribution < 1.29 is 4.79 Å². The Balaban J connectivity index is 2.03. The van der Waals surface area contributed by atoms with Gasteiger partial charge in [0.1, 0.15) is 0 Å². The molecule has 0 aliphatic rings. The molecule has 0 aliphatic heterocycles. The van der Waals surface area contributed by atoms with E-state index in [0.29, 0.717) is 0 Å². The summed E-state index contributed by atoms with van der Waals surface area (Å²) < 4.78 is 0. The highest BCUT2D eigenvalue weighted by atomic mass is 32.1. The third kappa shape index (κ3) is 4.51. The predicted molar refractivity (Wildman–Crippen MR) is 96.8 cm³/mol. The molecule has 5 N–H and O–H groups in total. The molecule has 0 radical (unpaired) electrons. The second-order valence-electron chi connectivity index (χ2n) is 4.33. The Bertz CT molecular complexity index is 753. The molecule has 1 amide bonds. The molecule has 2 aromatic carbocycles. The van der Waals surface area contributed by atoms with Gasteiger partial charge in [-0.1, -0.05) is 42.5 Å². The topological polar surface area (TPSA) is 79.2 Å². The van der Waals surface area contributed by atoms with Crippen LogP contribution in [0.1, 0.15) is 5.56 Å². The van der Waals surface area contributed by atoms with Crippen LogP contribution in [0.15, 0.2) is 48.5 Å². The molecule has 0 saturated carbocycles. The van der Waals surface area contributed by atoms with E-state index in [1.165, 1.54) is 6.08 Å². The number of nitrogens with two attached hydrogens (primary N) is 1. The van der Waals surface area contributed by atoms with Crippen LogP contribution < -0.4 is 21.9 Å². The maximum Gasteiger partial charge on any atom is 0.250 e. The smallest absolute Gasteiger partial charge is 0.250 e. The fourth-order valence-corrected chi connectivity index (χ4v) is 2.07. The van der Waals surface area contributed by atoms with Gasteiger partial charge in [-0.2, -0.15) is 0 Å². The van der Waals surface area contributed by atoms with E-state index in [0.717, 1.165) is 16.3 Å². The van der Waals surface area contributed by atoms with Crippen molar-refractivity contribution >= 4 is 57.4 Å². The van der Waals surface area contributed by atoms with Gasteiger partial charge in [-0.25, -0.2) is 0 Å². The van der Waals surface area contributed by atoms with Gasteiger partial charge in [0, 0.05) is 6.08 Å². The molecule has 0 aromatic heterocycles. The fourth-order valence-electron chi connectivity index (χ4n) is 1.86. The lowest BCUT2D eigenvalue weighted by Gasteiger charge is -2.08. The predicted octanol–water partition coefficient (Wildman–Crippen LogP) is 1.59. The molecular formula is C15H14N4OS2. The van der Waals surface area contributed by atoms with E-state index < -0.39 is 0 Å². The average Bonchev–Trinajstić information content (AvgIpc) is 2.51. The molecule has 5 nitrogen and oxygen atoms in total. The maximum absolute atomic E-state index is 11.8. The first-order chi connectivity index (χ1) is 10.6. The summed E-state index contributed by atoms with van der Waals surface area (Å²) in [6, 6.07) is 13.9. The van der Waals surface area contributed by atoms with E-state index in [2.05, 4.69) is 28.4 Å². The summed E-state index contributed by atoms with van der Waals surface area (Å²) in [7, 11) is 0. The minimum Gasteiger partial charge on any atom is -0.375 e. The normalized spacial score (nSPS) is 10.4. The molecule has 0 spiro atoms. The zero-order chi connectivity index (χ0) is 15.9. The molecular weight excluding hydrogens is 316 g/mol. The first kappa shape index (κ1) is 15.9. The molecule has 0 aliphatic carbocycles. The molecule has 7 heteroatoms. The first-order valence-electron chi connectivity index (χ1n) is 6.38. The summed E-state index contributed by atoms with van der Waals surface area (Å²) in [6.07, 6.45) is 3.15. The molecule has 0 fully saturated rings. The number of carbonyl (C=O) groups excluding carboxylic acids is 1. The quantitative estimate of drug-likeness (QED) is 0.380. The number of amides is 1. The number of hydrazine groups is 1. The Morgan fingerprint density at radius 3 is 2.55 bits per heavy atom. The largest absolute Gasteiger partial charge is 0.375 e. The highest BCUT2D eigenvalue weighted by Gasteiger charge is 2.01. The Morgan fingerprint density at radius 1 is 1.05 bits per heavy atom. The molecule has 0 atom stereocenters. The van der Waals surface area contributed by atoms with Gasteiger partial charge in [0.25, 0.3) is 0 Å². The van der Waals surface area contributed by atoms with Gasteiger partial charge >= 0.3 is 0 Å². The summed E-state index contributed by atoms with van der Waals surface area (Å²) in [5.41, 5.74) is 11.1. The lowest BCUT2D eigenvalue weighted by Crippen LogP contribution is -2.49. The standard InChI is InChI=1S/C15H14N4OS2/c16-14(21)18-19-15(22)17-13(20)9-8-11-6-3-5-10-4-1-2-7-12(10)11/h1-9H,(H3,16,18,21)(H2,17,19,20,22).